The first-order valence-electron chi connectivity index (χ1n) is 13.1. The summed E-state index contributed by atoms with van der Waals surface area (Å²) in [6.45, 7) is 5.60. The molecule has 194 valence electrons. The molecular formula is C25H38N4O6. The lowest BCUT2D eigenvalue weighted by Crippen LogP contribution is -2.58. The fourth-order valence-corrected chi connectivity index (χ4v) is 5.89. The van der Waals surface area contributed by atoms with Gasteiger partial charge in [0.2, 0.25) is 23.6 Å². The van der Waals surface area contributed by atoms with E-state index in [1.54, 1.807) is 16.7 Å². The molecule has 4 heterocycles. The number of cyclic esters (lactones) is 1. The summed E-state index contributed by atoms with van der Waals surface area (Å²) in [5, 5.41) is 2.82. The van der Waals surface area contributed by atoms with E-state index < -0.39 is 24.1 Å². The van der Waals surface area contributed by atoms with Crippen molar-refractivity contribution >= 4 is 29.6 Å². The Morgan fingerprint density at radius 1 is 0.829 bits per heavy atom. The maximum absolute atomic E-state index is 13.5. The number of nitrogens with zero attached hydrogens (tertiary/aromatic N) is 3. The van der Waals surface area contributed by atoms with Crippen LogP contribution in [-0.4, -0.2) is 95.2 Å². The summed E-state index contributed by atoms with van der Waals surface area (Å²) >= 11 is 0. The average Bonchev–Trinajstić information content (AvgIpc) is 3.26. The SMILES string of the molecule is CC1NC(=O)C2CCCCN2C(=O)C2CCCN(C2)C(=O)CCCOC(=O)C2C[C@@H](C)CN2C1=O. The highest BCUT2D eigenvalue weighted by atomic mass is 16.5. The molecule has 0 saturated carbocycles. The summed E-state index contributed by atoms with van der Waals surface area (Å²) in [7, 11) is 0. The Morgan fingerprint density at radius 2 is 1.63 bits per heavy atom. The molecule has 10 heteroatoms. The van der Waals surface area contributed by atoms with Crippen molar-refractivity contribution in [3.8, 4) is 0 Å². The maximum atomic E-state index is 13.5. The first-order valence-corrected chi connectivity index (χ1v) is 13.1. The zero-order chi connectivity index (χ0) is 25.1. The van der Waals surface area contributed by atoms with E-state index in [0.717, 1.165) is 19.3 Å². The number of carbonyl (C=O) groups excluding carboxylic acids is 5. The fourth-order valence-electron chi connectivity index (χ4n) is 5.89. The molecule has 4 saturated heterocycles. The number of hydrogen-bond donors (Lipinski definition) is 1. The van der Waals surface area contributed by atoms with Gasteiger partial charge in [0.25, 0.3) is 0 Å². The summed E-state index contributed by atoms with van der Waals surface area (Å²) in [4.78, 5) is 70.5. The van der Waals surface area contributed by atoms with Gasteiger partial charge in [0, 0.05) is 32.6 Å². The van der Waals surface area contributed by atoms with Crippen molar-refractivity contribution in [1.82, 2.24) is 20.0 Å². The minimum atomic E-state index is -0.816. The predicted octanol–water partition coefficient (Wildman–Crippen LogP) is 0.685. The van der Waals surface area contributed by atoms with Crippen LogP contribution in [0.5, 0.6) is 0 Å². The topological polar surface area (TPSA) is 116 Å². The Labute approximate surface area is 206 Å². The third-order valence-corrected chi connectivity index (χ3v) is 7.79. The van der Waals surface area contributed by atoms with Crippen LogP contribution in [-0.2, 0) is 28.7 Å². The van der Waals surface area contributed by atoms with Gasteiger partial charge in [-0.05, 0) is 57.8 Å². The number of carbonyl (C=O) groups is 5. The normalized spacial score (nSPS) is 33.9. The smallest absolute Gasteiger partial charge is 0.328 e. The lowest BCUT2D eigenvalue weighted by Gasteiger charge is -2.40. The minimum absolute atomic E-state index is 0.0484. The number of amides is 4. The lowest BCUT2D eigenvalue weighted by molar-refractivity contribution is -0.155. The molecule has 0 aromatic heterocycles. The molecule has 2 bridgehead atoms. The van der Waals surface area contributed by atoms with E-state index >= 15 is 0 Å². The number of fused-ring (bicyclic) bond motifs is 4. The molecule has 4 unspecified atom stereocenters. The molecule has 4 rings (SSSR count). The van der Waals surface area contributed by atoms with Crippen LogP contribution in [0.4, 0.5) is 0 Å². The van der Waals surface area contributed by atoms with Crippen LogP contribution in [0.1, 0.15) is 65.2 Å². The van der Waals surface area contributed by atoms with Gasteiger partial charge in [0.05, 0.1) is 12.5 Å². The fraction of sp³-hybridized carbons (Fsp3) is 0.800. The van der Waals surface area contributed by atoms with Crippen LogP contribution in [0, 0.1) is 11.8 Å². The third-order valence-electron chi connectivity index (χ3n) is 7.79. The highest BCUT2D eigenvalue weighted by molar-refractivity contribution is 5.94. The zero-order valence-corrected chi connectivity index (χ0v) is 20.9. The lowest BCUT2D eigenvalue weighted by atomic mass is 9.93. The summed E-state index contributed by atoms with van der Waals surface area (Å²) in [6.07, 6.45) is 4.78. The Kier molecular flexibility index (Phi) is 7.96. The Morgan fingerprint density at radius 3 is 2.43 bits per heavy atom. The van der Waals surface area contributed by atoms with E-state index in [4.69, 9.17) is 4.74 Å². The molecular weight excluding hydrogens is 452 g/mol. The standard InChI is InChI=1S/C25H38N4O6/c1-16-13-20-25(34)35-12-6-9-21(30)27-10-5-7-18(15-27)24(33)28-11-4-3-8-19(28)22(31)26-17(2)23(32)29(20)14-16/h16-20H,3-15H2,1-2H3,(H,26,31)/t16-,17?,18?,19?,20?/m1/s1. The van der Waals surface area contributed by atoms with Gasteiger partial charge >= 0.3 is 5.97 Å². The highest BCUT2D eigenvalue weighted by Crippen LogP contribution is 2.27. The van der Waals surface area contributed by atoms with Gasteiger partial charge in [-0.2, -0.15) is 0 Å². The van der Waals surface area contributed by atoms with Gasteiger partial charge < -0.3 is 24.8 Å². The van der Waals surface area contributed by atoms with Crippen molar-refractivity contribution in [3.63, 3.8) is 0 Å². The maximum Gasteiger partial charge on any atom is 0.328 e. The molecule has 0 radical (unpaired) electrons. The van der Waals surface area contributed by atoms with Gasteiger partial charge in [-0.1, -0.05) is 6.92 Å². The van der Waals surface area contributed by atoms with Crippen LogP contribution in [0.2, 0.25) is 0 Å². The highest BCUT2D eigenvalue weighted by Gasteiger charge is 2.42. The van der Waals surface area contributed by atoms with Crippen molar-refractivity contribution in [1.29, 1.82) is 0 Å². The monoisotopic (exact) mass is 490 g/mol. The quantitative estimate of drug-likeness (QED) is 0.500. The van der Waals surface area contributed by atoms with Crippen LogP contribution < -0.4 is 5.32 Å². The van der Waals surface area contributed by atoms with Crippen LogP contribution in [0.15, 0.2) is 0 Å². The van der Waals surface area contributed by atoms with E-state index in [0.29, 0.717) is 51.9 Å². The molecule has 35 heavy (non-hydrogen) atoms. The van der Waals surface area contributed by atoms with Gasteiger partial charge in [0.15, 0.2) is 0 Å². The van der Waals surface area contributed by atoms with E-state index in [9.17, 15) is 24.0 Å². The van der Waals surface area contributed by atoms with Gasteiger partial charge in [0.1, 0.15) is 18.1 Å². The van der Waals surface area contributed by atoms with Crippen molar-refractivity contribution < 1.29 is 28.7 Å². The number of rotatable bonds is 0. The largest absolute Gasteiger partial charge is 0.464 e. The molecule has 5 atom stereocenters. The van der Waals surface area contributed by atoms with Crippen molar-refractivity contribution in [3.05, 3.63) is 0 Å². The summed E-state index contributed by atoms with van der Waals surface area (Å²) < 4.78 is 5.44. The Balaban J connectivity index is 1.57. The second-order valence-corrected chi connectivity index (χ2v) is 10.6. The van der Waals surface area contributed by atoms with Crippen LogP contribution in [0.25, 0.3) is 0 Å². The summed E-state index contributed by atoms with van der Waals surface area (Å²) in [5.41, 5.74) is 0. The first-order chi connectivity index (χ1) is 16.8. The Hall–Kier alpha value is -2.65. The molecule has 1 N–H and O–H groups in total. The zero-order valence-electron chi connectivity index (χ0n) is 20.9. The number of hydrogen-bond acceptors (Lipinski definition) is 6. The van der Waals surface area contributed by atoms with Gasteiger partial charge in [-0.15, -0.1) is 0 Å². The molecule has 0 aliphatic carbocycles. The number of esters is 1. The van der Waals surface area contributed by atoms with Gasteiger partial charge in [-0.3, -0.25) is 19.2 Å². The second-order valence-electron chi connectivity index (χ2n) is 10.6. The number of ether oxygens (including phenoxy) is 1. The third kappa shape index (κ3) is 5.62. The summed E-state index contributed by atoms with van der Waals surface area (Å²) in [6, 6.07) is -2.14. The van der Waals surface area contributed by atoms with Crippen LogP contribution >= 0.6 is 0 Å². The molecule has 10 nitrogen and oxygen atoms in total. The summed E-state index contributed by atoms with van der Waals surface area (Å²) in [5.74, 6) is -1.44. The average molecular weight is 491 g/mol. The van der Waals surface area contributed by atoms with E-state index in [-0.39, 0.29) is 48.5 Å². The molecule has 4 aliphatic rings. The van der Waals surface area contributed by atoms with Crippen molar-refractivity contribution in [2.45, 2.75) is 83.3 Å². The molecule has 4 aliphatic heterocycles. The van der Waals surface area contributed by atoms with Crippen molar-refractivity contribution in [2.75, 3.05) is 32.8 Å². The predicted molar refractivity (Wildman–Crippen MR) is 126 cm³/mol. The first kappa shape index (κ1) is 25.4. The molecule has 0 aromatic carbocycles. The van der Waals surface area contributed by atoms with Crippen molar-refractivity contribution in [2.24, 2.45) is 11.8 Å². The second kappa shape index (κ2) is 11.0. The molecule has 0 aromatic rings. The van der Waals surface area contributed by atoms with E-state index in [1.807, 2.05) is 6.92 Å². The molecule has 4 fully saturated rings. The minimum Gasteiger partial charge on any atom is -0.464 e. The van der Waals surface area contributed by atoms with E-state index in [1.165, 1.54) is 4.90 Å². The molecule has 4 amide bonds. The molecule has 0 spiro atoms. The Bertz CT molecular complexity index is 863. The number of nitrogens with one attached hydrogen (secondary N) is 1. The van der Waals surface area contributed by atoms with Crippen LogP contribution in [0.3, 0.4) is 0 Å². The van der Waals surface area contributed by atoms with Gasteiger partial charge in [-0.25, -0.2) is 4.79 Å². The number of piperidine rings is 2. The van der Waals surface area contributed by atoms with E-state index in [2.05, 4.69) is 5.32 Å².